The normalized spacial score (nSPS) is 11.8. The lowest BCUT2D eigenvalue weighted by atomic mass is 10.1. The van der Waals surface area contributed by atoms with E-state index in [2.05, 4.69) is 22.4 Å². The number of thiazole rings is 1. The highest BCUT2D eigenvalue weighted by Crippen LogP contribution is 2.23. The predicted molar refractivity (Wildman–Crippen MR) is 118 cm³/mol. The summed E-state index contributed by atoms with van der Waals surface area (Å²) in [6, 6.07) is 15.4. The Kier molecular flexibility index (Phi) is 8.10. The van der Waals surface area contributed by atoms with Crippen molar-refractivity contribution in [2.45, 2.75) is 24.5 Å². The topological polar surface area (TPSA) is 60.5 Å². The van der Waals surface area contributed by atoms with Gasteiger partial charge in [-0.05, 0) is 36.8 Å². The number of rotatable bonds is 10. The molecule has 0 bridgehead atoms. The quantitative estimate of drug-likeness (QED) is 0.366. The summed E-state index contributed by atoms with van der Waals surface area (Å²) in [5.74, 6) is 1.31. The van der Waals surface area contributed by atoms with E-state index in [9.17, 15) is 4.79 Å². The molecule has 0 radical (unpaired) electrons. The highest BCUT2D eigenvalue weighted by Gasteiger charge is 2.16. The highest BCUT2D eigenvalue weighted by molar-refractivity contribution is 7.99. The van der Waals surface area contributed by atoms with E-state index in [1.54, 1.807) is 36.5 Å². The van der Waals surface area contributed by atoms with Gasteiger partial charge in [0.05, 0.1) is 29.4 Å². The van der Waals surface area contributed by atoms with Crippen LogP contribution in [0.25, 0.3) is 0 Å². The van der Waals surface area contributed by atoms with Gasteiger partial charge in [0.2, 0.25) is 0 Å². The van der Waals surface area contributed by atoms with Gasteiger partial charge in [0.15, 0.2) is 0 Å². The molecule has 0 fully saturated rings. The number of ether oxygens (including phenoxy) is 2. The van der Waals surface area contributed by atoms with Crippen molar-refractivity contribution in [3.8, 4) is 5.75 Å². The first-order chi connectivity index (χ1) is 14.2. The van der Waals surface area contributed by atoms with Gasteiger partial charge < -0.3 is 14.8 Å². The fourth-order valence-electron chi connectivity index (χ4n) is 2.69. The fourth-order valence-corrected chi connectivity index (χ4v) is 4.05. The van der Waals surface area contributed by atoms with Crippen molar-refractivity contribution in [1.29, 1.82) is 0 Å². The van der Waals surface area contributed by atoms with E-state index in [0.29, 0.717) is 17.9 Å². The third-order valence-corrected chi connectivity index (χ3v) is 5.89. The van der Waals surface area contributed by atoms with E-state index in [1.807, 2.05) is 36.6 Å². The van der Waals surface area contributed by atoms with Gasteiger partial charge in [0.1, 0.15) is 12.4 Å². The molecule has 1 N–H and O–H groups in total. The zero-order valence-electron chi connectivity index (χ0n) is 16.5. The Morgan fingerprint density at radius 2 is 2.00 bits per heavy atom. The molecule has 0 aliphatic rings. The lowest BCUT2D eigenvalue weighted by Crippen LogP contribution is -2.27. The Morgan fingerprint density at radius 3 is 2.72 bits per heavy atom. The maximum atomic E-state index is 12.8. The number of hydrogen-bond acceptors (Lipinski definition) is 6. The Balaban J connectivity index is 1.60. The molecule has 5 nitrogen and oxygen atoms in total. The van der Waals surface area contributed by atoms with Gasteiger partial charge in [-0.3, -0.25) is 4.79 Å². The summed E-state index contributed by atoms with van der Waals surface area (Å²) in [4.78, 5) is 18.2. The Labute approximate surface area is 179 Å². The first-order valence-corrected chi connectivity index (χ1v) is 11.2. The summed E-state index contributed by atoms with van der Waals surface area (Å²) in [6.07, 6.45) is 0. The summed E-state index contributed by atoms with van der Waals surface area (Å²) in [5.41, 5.74) is 4.18. The van der Waals surface area contributed by atoms with E-state index in [0.717, 1.165) is 23.6 Å². The van der Waals surface area contributed by atoms with E-state index in [1.165, 1.54) is 16.2 Å². The molecule has 7 heteroatoms. The van der Waals surface area contributed by atoms with Crippen molar-refractivity contribution in [2.75, 3.05) is 19.5 Å². The van der Waals surface area contributed by atoms with Gasteiger partial charge in [-0.15, -0.1) is 23.1 Å². The summed E-state index contributed by atoms with van der Waals surface area (Å²) in [7, 11) is 1.70. The third-order valence-electron chi connectivity index (χ3n) is 4.27. The Morgan fingerprint density at radius 1 is 1.21 bits per heavy atom. The molecule has 0 aliphatic carbocycles. The standard InChI is InChI=1S/C22H24N2O3S2/c1-16(17-7-9-19(10-8-17)29-12-11-26-2)24-22(25)20-5-3-4-6-21(20)27-13-18-14-28-15-23-18/h3-10,14-16H,11-13H2,1-2H3,(H,24,25). The van der Waals surface area contributed by atoms with Crippen LogP contribution in [0.1, 0.15) is 34.6 Å². The highest BCUT2D eigenvalue weighted by atomic mass is 32.2. The van der Waals surface area contributed by atoms with Crippen LogP contribution >= 0.6 is 23.1 Å². The number of amides is 1. The first kappa shape index (κ1) is 21.4. The van der Waals surface area contributed by atoms with Gasteiger partial charge in [-0.1, -0.05) is 24.3 Å². The number of carbonyl (C=O) groups excluding carboxylic acids is 1. The number of para-hydroxylation sites is 1. The Bertz CT molecular complexity index is 899. The lowest BCUT2D eigenvalue weighted by molar-refractivity contribution is 0.0935. The van der Waals surface area contributed by atoms with Crippen LogP contribution in [0.2, 0.25) is 0 Å². The zero-order chi connectivity index (χ0) is 20.5. The number of methoxy groups -OCH3 is 1. The zero-order valence-corrected chi connectivity index (χ0v) is 18.1. The molecule has 1 amide bonds. The van der Waals surface area contributed by atoms with Crippen molar-refractivity contribution in [3.63, 3.8) is 0 Å². The SMILES string of the molecule is COCCSc1ccc(C(C)NC(=O)c2ccccc2OCc2cscn2)cc1. The molecule has 152 valence electrons. The first-order valence-electron chi connectivity index (χ1n) is 9.29. The van der Waals surface area contributed by atoms with Crippen LogP contribution in [0, 0.1) is 0 Å². The van der Waals surface area contributed by atoms with Crippen LogP contribution in [0.5, 0.6) is 5.75 Å². The van der Waals surface area contributed by atoms with Crippen molar-refractivity contribution >= 4 is 29.0 Å². The van der Waals surface area contributed by atoms with Gasteiger partial charge >= 0.3 is 0 Å². The molecule has 1 aromatic heterocycles. The van der Waals surface area contributed by atoms with Gasteiger partial charge in [0, 0.05) is 23.1 Å². The second kappa shape index (κ2) is 11.0. The van der Waals surface area contributed by atoms with Crippen molar-refractivity contribution in [1.82, 2.24) is 10.3 Å². The molecule has 1 unspecified atom stereocenters. The lowest BCUT2D eigenvalue weighted by Gasteiger charge is -2.16. The minimum Gasteiger partial charge on any atom is -0.486 e. The molecular formula is C22H24N2O3S2. The minimum atomic E-state index is -0.162. The van der Waals surface area contributed by atoms with Crippen molar-refractivity contribution in [2.24, 2.45) is 0 Å². The molecule has 2 aromatic carbocycles. The van der Waals surface area contributed by atoms with Gasteiger partial charge in [0.25, 0.3) is 5.91 Å². The number of nitrogens with one attached hydrogen (secondary N) is 1. The van der Waals surface area contributed by atoms with Crippen molar-refractivity contribution in [3.05, 3.63) is 76.2 Å². The second-order valence-corrected chi connectivity index (χ2v) is 8.26. The number of thioether (sulfide) groups is 1. The predicted octanol–water partition coefficient (Wildman–Crippen LogP) is 4.95. The summed E-state index contributed by atoms with van der Waals surface area (Å²) < 4.78 is 10.9. The minimum absolute atomic E-state index is 0.118. The molecule has 1 atom stereocenters. The average molecular weight is 429 g/mol. The molecule has 0 aliphatic heterocycles. The number of nitrogens with zero attached hydrogens (tertiary/aromatic N) is 1. The number of hydrogen-bond donors (Lipinski definition) is 1. The maximum absolute atomic E-state index is 12.8. The molecule has 0 spiro atoms. The average Bonchev–Trinajstić information content (AvgIpc) is 3.27. The number of benzene rings is 2. The van der Waals surface area contributed by atoms with E-state index >= 15 is 0 Å². The van der Waals surface area contributed by atoms with Crippen LogP contribution < -0.4 is 10.1 Å². The van der Waals surface area contributed by atoms with Crippen molar-refractivity contribution < 1.29 is 14.3 Å². The van der Waals surface area contributed by atoms with Crippen LogP contribution in [0.4, 0.5) is 0 Å². The molecule has 3 aromatic rings. The monoisotopic (exact) mass is 428 g/mol. The van der Waals surface area contributed by atoms with Gasteiger partial charge in [-0.2, -0.15) is 0 Å². The van der Waals surface area contributed by atoms with Crippen LogP contribution in [-0.2, 0) is 11.3 Å². The van der Waals surface area contributed by atoms with Crippen LogP contribution in [-0.4, -0.2) is 30.4 Å². The van der Waals surface area contributed by atoms with E-state index < -0.39 is 0 Å². The second-order valence-electron chi connectivity index (χ2n) is 6.37. The molecule has 0 saturated carbocycles. The van der Waals surface area contributed by atoms with E-state index in [4.69, 9.17) is 9.47 Å². The van der Waals surface area contributed by atoms with Crippen LogP contribution in [0.3, 0.4) is 0 Å². The smallest absolute Gasteiger partial charge is 0.255 e. The summed E-state index contributed by atoms with van der Waals surface area (Å²) >= 11 is 3.27. The molecule has 0 saturated heterocycles. The van der Waals surface area contributed by atoms with Gasteiger partial charge in [-0.25, -0.2) is 4.98 Å². The molecule has 29 heavy (non-hydrogen) atoms. The molecular weight excluding hydrogens is 404 g/mol. The third kappa shape index (κ3) is 6.32. The molecule has 3 rings (SSSR count). The maximum Gasteiger partial charge on any atom is 0.255 e. The number of carbonyl (C=O) groups is 1. The summed E-state index contributed by atoms with van der Waals surface area (Å²) in [5, 5.41) is 4.99. The largest absolute Gasteiger partial charge is 0.486 e. The summed E-state index contributed by atoms with van der Waals surface area (Å²) in [6.45, 7) is 3.04. The molecule has 1 heterocycles. The Hall–Kier alpha value is -2.35. The van der Waals surface area contributed by atoms with E-state index in [-0.39, 0.29) is 11.9 Å². The fraction of sp³-hybridized carbons (Fsp3) is 0.273. The van der Waals surface area contributed by atoms with Crippen LogP contribution in [0.15, 0.2) is 64.3 Å². The number of aromatic nitrogens is 1.